The highest BCUT2D eigenvalue weighted by Crippen LogP contribution is 2.31. The Morgan fingerprint density at radius 2 is 1.82 bits per heavy atom. The van der Waals surface area contributed by atoms with Crippen molar-refractivity contribution in [1.82, 2.24) is 25.6 Å². The summed E-state index contributed by atoms with van der Waals surface area (Å²) in [6.45, 7) is 0. The van der Waals surface area contributed by atoms with Crippen molar-refractivity contribution >= 4 is 11.7 Å². The summed E-state index contributed by atoms with van der Waals surface area (Å²) in [5.41, 5.74) is 14.4. The quantitative estimate of drug-likeness (QED) is 0.501. The molecule has 4 rings (SSSR count). The predicted molar refractivity (Wildman–Crippen MR) is 101 cm³/mol. The molecular weight excluding hydrogens is 361 g/mol. The monoisotopic (exact) mass is 375 g/mol. The summed E-state index contributed by atoms with van der Waals surface area (Å²) >= 11 is 0. The number of hydrogen-bond donors (Lipinski definition) is 3. The number of nitrogen functional groups attached to an aromatic ring is 1. The number of anilines is 1. The van der Waals surface area contributed by atoms with E-state index >= 15 is 0 Å². The molecule has 8 nitrogen and oxygen atoms in total. The number of nitrogens with one attached hydrogen (secondary N) is 1. The van der Waals surface area contributed by atoms with Crippen molar-refractivity contribution in [2.24, 2.45) is 5.73 Å². The Kier molecular flexibility index (Phi) is 4.24. The number of nitrogens with two attached hydrogens (primary N) is 2. The molecule has 0 bridgehead atoms. The van der Waals surface area contributed by atoms with Gasteiger partial charge in [0.1, 0.15) is 11.6 Å². The van der Waals surface area contributed by atoms with Gasteiger partial charge in [0.2, 0.25) is 5.82 Å². The molecule has 0 radical (unpaired) electrons. The molecule has 0 aliphatic rings. The number of rotatable bonds is 4. The van der Waals surface area contributed by atoms with Crippen LogP contribution in [0.3, 0.4) is 0 Å². The fourth-order valence-corrected chi connectivity index (χ4v) is 2.87. The minimum atomic E-state index is -0.831. The second-order valence-electron chi connectivity index (χ2n) is 6.03. The molecule has 0 spiro atoms. The highest BCUT2D eigenvalue weighted by Gasteiger charge is 2.13. The van der Waals surface area contributed by atoms with Gasteiger partial charge in [-0.05, 0) is 40.6 Å². The van der Waals surface area contributed by atoms with Crippen molar-refractivity contribution in [1.29, 1.82) is 0 Å². The van der Waals surface area contributed by atoms with Crippen LogP contribution < -0.4 is 11.5 Å². The molecular formula is C19H14FN7O. The minimum Gasteiger partial charge on any atom is -0.383 e. The second-order valence-corrected chi connectivity index (χ2v) is 6.03. The summed E-state index contributed by atoms with van der Waals surface area (Å²) in [6, 6.07) is 13.4. The van der Waals surface area contributed by atoms with E-state index in [1.54, 1.807) is 18.3 Å². The van der Waals surface area contributed by atoms with Crippen LogP contribution in [0.25, 0.3) is 33.6 Å². The van der Waals surface area contributed by atoms with Crippen LogP contribution in [-0.4, -0.2) is 31.5 Å². The molecule has 0 saturated carbocycles. The Labute approximate surface area is 158 Å². The molecule has 5 N–H and O–H groups in total. The van der Waals surface area contributed by atoms with Gasteiger partial charge in [0.05, 0.1) is 5.56 Å². The minimum absolute atomic E-state index is 0.181. The maximum absolute atomic E-state index is 14.2. The van der Waals surface area contributed by atoms with Crippen LogP contribution in [0.4, 0.5) is 10.2 Å². The topological polar surface area (TPSA) is 136 Å². The lowest BCUT2D eigenvalue weighted by molar-refractivity contribution is 0.0996. The number of carbonyl (C=O) groups excluding carboxylic acids is 1. The summed E-state index contributed by atoms with van der Waals surface area (Å²) in [5, 5.41) is 13.9. The van der Waals surface area contributed by atoms with Gasteiger partial charge in [-0.3, -0.25) is 4.79 Å². The summed E-state index contributed by atoms with van der Waals surface area (Å²) in [5.74, 6) is -0.838. The summed E-state index contributed by atoms with van der Waals surface area (Å²) < 4.78 is 14.2. The Morgan fingerprint density at radius 1 is 1.00 bits per heavy atom. The molecule has 9 heteroatoms. The number of tetrazole rings is 1. The number of benzene rings is 2. The Morgan fingerprint density at radius 3 is 2.54 bits per heavy atom. The van der Waals surface area contributed by atoms with Gasteiger partial charge < -0.3 is 11.5 Å². The number of pyridine rings is 1. The van der Waals surface area contributed by atoms with Crippen molar-refractivity contribution in [3.05, 3.63) is 66.1 Å². The lowest BCUT2D eigenvalue weighted by Gasteiger charge is -2.10. The molecule has 138 valence electrons. The third-order valence-corrected chi connectivity index (χ3v) is 4.26. The lowest BCUT2D eigenvalue weighted by Crippen LogP contribution is -2.13. The zero-order valence-electron chi connectivity index (χ0n) is 14.4. The smallest absolute Gasteiger partial charge is 0.251 e. The molecule has 2 aromatic heterocycles. The third-order valence-electron chi connectivity index (χ3n) is 4.26. The molecule has 28 heavy (non-hydrogen) atoms. The van der Waals surface area contributed by atoms with Crippen LogP contribution in [0.5, 0.6) is 0 Å². The van der Waals surface area contributed by atoms with Gasteiger partial charge >= 0.3 is 0 Å². The van der Waals surface area contributed by atoms with E-state index in [9.17, 15) is 9.18 Å². The molecule has 0 saturated heterocycles. The molecule has 0 aliphatic carbocycles. The Hall–Kier alpha value is -4.14. The van der Waals surface area contributed by atoms with E-state index < -0.39 is 11.7 Å². The van der Waals surface area contributed by atoms with Crippen molar-refractivity contribution in [2.45, 2.75) is 0 Å². The standard InChI is InChI=1S/C19H14FN7O/c20-16-8-11(4-5-14(16)18(22)28)15-7-13(9-23-17(15)21)10-2-1-3-12(6-10)19-24-26-27-25-19/h1-9H,(H2,21,23)(H2,22,28)(H,24,25,26,27). The van der Waals surface area contributed by atoms with Crippen LogP contribution in [-0.2, 0) is 0 Å². The molecule has 4 aromatic rings. The first-order valence-electron chi connectivity index (χ1n) is 8.22. The van der Waals surface area contributed by atoms with E-state index in [0.717, 1.165) is 16.7 Å². The van der Waals surface area contributed by atoms with E-state index in [-0.39, 0.29) is 11.4 Å². The molecule has 0 unspecified atom stereocenters. The molecule has 0 atom stereocenters. The lowest BCUT2D eigenvalue weighted by atomic mass is 9.98. The van der Waals surface area contributed by atoms with Gasteiger partial charge in [-0.15, -0.1) is 10.2 Å². The fourth-order valence-electron chi connectivity index (χ4n) is 2.87. The van der Waals surface area contributed by atoms with Gasteiger partial charge in [0, 0.05) is 22.9 Å². The average molecular weight is 375 g/mol. The van der Waals surface area contributed by atoms with Gasteiger partial charge in [-0.1, -0.05) is 24.3 Å². The number of H-pyrrole nitrogens is 1. The maximum Gasteiger partial charge on any atom is 0.251 e. The number of carbonyl (C=O) groups is 1. The highest BCUT2D eigenvalue weighted by atomic mass is 19.1. The van der Waals surface area contributed by atoms with Crippen molar-refractivity contribution in [2.75, 3.05) is 5.73 Å². The largest absolute Gasteiger partial charge is 0.383 e. The SMILES string of the molecule is NC(=O)c1ccc(-c2cc(-c3cccc(-c4nn[nH]n4)c3)cnc2N)cc1F. The van der Waals surface area contributed by atoms with Crippen LogP contribution in [0, 0.1) is 5.82 Å². The van der Waals surface area contributed by atoms with E-state index in [2.05, 4.69) is 25.6 Å². The zero-order valence-corrected chi connectivity index (χ0v) is 14.4. The van der Waals surface area contributed by atoms with Gasteiger partial charge in [0.25, 0.3) is 5.91 Å². The fraction of sp³-hybridized carbons (Fsp3) is 0. The summed E-state index contributed by atoms with van der Waals surface area (Å²) in [7, 11) is 0. The average Bonchev–Trinajstić information content (AvgIpc) is 3.23. The van der Waals surface area contributed by atoms with Gasteiger partial charge in [-0.25, -0.2) is 9.37 Å². The number of amides is 1. The summed E-state index contributed by atoms with van der Waals surface area (Å²) in [6.07, 6.45) is 1.63. The molecule has 2 aromatic carbocycles. The van der Waals surface area contributed by atoms with Crippen LogP contribution in [0.2, 0.25) is 0 Å². The van der Waals surface area contributed by atoms with Crippen LogP contribution in [0.15, 0.2) is 54.7 Å². The van der Waals surface area contributed by atoms with Crippen molar-refractivity contribution < 1.29 is 9.18 Å². The molecule has 1 amide bonds. The Bertz CT molecular complexity index is 1170. The molecule has 0 aliphatic heterocycles. The van der Waals surface area contributed by atoms with E-state index in [1.165, 1.54) is 12.1 Å². The van der Waals surface area contributed by atoms with E-state index in [0.29, 0.717) is 17.0 Å². The highest BCUT2D eigenvalue weighted by molar-refractivity contribution is 5.94. The van der Waals surface area contributed by atoms with Gasteiger partial charge in [-0.2, -0.15) is 5.21 Å². The van der Waals surface area contributed by atoms with Crippen molar-refractivity contribution in [3.8, 4) is 33.6 Å². The summed E-state index contributed by atoms with van der Waals surface area (Å²) in [4.78, 5) is 15.5. The normalized spacial score (nSPS) is 10.8. The Balaban J connectivity index is 1.77. The van der Waals surface area contributed by atoms with Crippen LogP contribution in [0.1, 0.15) is 10.4 Å². The number of aromatic amines is 1. The number of aromatic nitrogens is 5. The predicted octanol–water partition coefficient (Wildman–Crippen LogP) is 2.42. The first-order valence-corrected chi connectivity index (χ1v) is 8.22. The number of hydrogen-bond acceptors (Lipinski definition) is 6. The van der Waals surface area contributed by atoms with Gasteiger partial charge in [0.15, 0.2) is 0 Å². The third kappa shape index (κ3) is 3.16. The molecule has 2 heterocycles. The van der Waals surface area contributed by atoms with E-state index in [4.69, 9.17) is 11.5 Å². The zero-order chi connectivity index (χ0) is 19.7. The molecule has 0 fully saturated rings. The number of halogens is 1. The maximum atomic E-state index is 14.2. The number of nitrogens with zero attached hydrogens (tertiary/aromatic N) is 4. The van der Waals surface area contributed by atoms with E-state index in [1.807, 2.05) is 24.3 Å². The first-order chi connectivity index (χ1) is 13.5. The second kappa shape index (κ2) is 6.88. The first kappa shape index (κ1) is 17.3. The number of primary amides is 1. The van der Waals surface area contributed by atoms with Crippen LogP contribution >= 0.6 is 0 Å². The van der Waals surface area contributed by atoms with Crippen molar-refractivity contribution in [3.63, 3.8) is 0 Å².